The highest BCUT2D eigenvalue weighted by atomic mass is 32.1. The number of hydrogen-bond donors (Lipinski definition) is 0. The van der Waals surface area contributed by atoms with Crippen LogP contribution in [0.2, 0.25) is 0 Å². The fourth-order valence-electron chi connectivity index (χ4n) is 2.54. The first-order valence-electron chi connectivity index (χ1n) is 7.22. The monoisotopic (exact) mass is 340 g/mol. The van der Waals surface area contributed by atoms with E-state index < -0.39 is 5.76 Å². The second-order valence-electron chi connectivity index (χ2n) is 5.31. The lowest BCUT2D eigenvalue weighted by molar-refractivity contribution is 0.378. The number of aryl methyl sites for hydroxylation is 1. The molecule has 7 nitrogen and oxygen atoms in total. The van der Waals surface area contributed by atoms with E-state index in [9.17, 15) is 9.59 Å². The van der Waals surface area contributed by atoms with Gasteiger partial charge in [-0.2, -0.15) is 0 Å². The highest BCUT2D eigenvalue weighted by Gasteiger charge is 2.15. The summed E-state index contributed by atoms with van der Waals surface area (Å²) >= 11 is 1.45. The van der Waals surface area contributed by atoms with Crippen LogP contribution in [0.1, 0.15) is 11.3 Å². The Hall–Kier alpha value is -3.00. The van der Waals surface area contributed by atoms with Crippen molar-refractivity contribution in [3.8, 4) is 10.7 Å². The molecule has 0 aliphatic rings. The molecule has 0 atom stereocenters. The molecule has 0 radical (unpaired) electrons. The van der Waals surface area contributed by atoms with E-state index in [-0.39, 0.29) is 12.1 Å². The molecule has 0 aromatic carbocycles. The van der Waals surface area contributed by atoms with Crippen molar-refractivity contribution in [2.75, 3.05) is 0 Å². The van der Waals surface area contributed by atoms with Crippen molar-refractivity contribution < 1.29 is 4.52 Å². The Morgan fingerprint density at radius 2 is 2.12 bits per heavy atom. The van der Waals surface area contributed by atoms with E-state index in [1.54, 1.807) is 12.3 Å². The third-order valence-corrected chi connectivity index (χ3v) is 4.55. The summed E-state index contributed by atoms with van der Waals surface area (Å²) in [5, 5.41) is 5.72. The van der Waals surface area contributed by atoms with E-state index >= 15 is 0 Å². The van der Waals surface area contributed by atoms with Crippen LogP contribution in [0.25, 0.3) is 16.3 Å². The van der Waals surface area contributed by atoms with Gasteiger partial charge in [-0.15, -0.1) is 11.3 Å². The Balaban J connectivity index is 1.84. The quantitative estimate of drug-likeness (QED) is 0.569. The minimum absolute atomic E-state index is 0.121. The van der Waals surface area contributed by atoms with Crippen LogP contribution < -0.4 is 11.3 Å². The summed E-state index contributed by atoms with van der Waals surface area (Å²) < 4.78 is 7.64. The van der Waals surface area contributed by atoms with E-state index in [1.165, 1.54) is 26.4 Å². The number of fused-ring (bicyclic) bond motifs is 1. The summed E-state index contributed by atoms with van der Waals surface area (Å²) in [6, 6.07) is 8.82. The van der Waals surface area contributed by atoms with Crippen molar-refractivity contribution >= 4 is 17.0 Å². The summed E-state index contributed by atoms with van der Waals surface area (Å²) in [5.41, 5.74) is 1.74. The molecule has 0 amide bonds. The SMILES string of the molecule is Cc1cccn2c(=O)cc(Cn3c(-c4cccs4)noc3=O)nc12. The Labute approximate surface area is 139 Å². The maximum absolute atomic E-state index is 12.3. The van der Waals surface area contributed by atoms with E-state index in [2.05, 4.69) is 10.1 Å². The molecule has 4 aromatic rings. The number of aromatic nitrogens is 4. The zero-order valence-electron chi connectivity index (χ0n) is 12.7. The van der Waals surface area contributed by atoms with Crippen LogP contribution in [0.5, 0.6) is 0 Å². The van der Waals surface area contributed by atoms with E-state index in [0.29, 0.717) is 17.2 Å². The summed E-state index contributed by atoms with van der Waals surface area (Å²) in [6.07, 6.45) is 1.67. The minimum atomic E-state index is -0.579. The normalized spacial score (nSPS) is 11.2. The molecule has 24 heavy (non-hydrogen) atoms. The van der Waals surface area contributed by atoms with Gasteiger partial charge in [0.25, 0.3) is 5.56 Å². The molecule has 4 heterocycles. The summed E-state index contributed by atoms with van der Waals surface area (Å²) in [5.74, 6) is -0.146. The third kappa shape index (κ3) is 2.37. The van der Waals surface area contributed by atoms with Crippen molar-refractivity contribution in [2.45, 2.75) is 13.5 Å². The lowest BCUT2D eigenvalue weighted by Crippen LogP contribution is -2.21. The maximum Gasteiger partial charge on any atom is 0.442 e. The second-order valence-corrected chi connectivity index (χ2v) is 6.25. The molecule has 0 spiro atoms. The number of nitrogens with zero attached hydrogens (tertiary/aromatic N) is 4. The zero-order chi connectivity index (χ0) is 16.7. The summed E-state index contributed by atoms with van der Waals surface area (Å²) in [7, 11) is 0. The Kier molecular flexibility index (Phi) is 3.39. The lowest BCUT2D eigenvalue weighted by atomic mass is 10.3. The van der Waals surface area contributed by atoms with Crippen LogP contribution in [0.15, 0.2) is 56.0 Å². The summed E-state index contributed by atoms with van der Waals surface area (Å²) in [4.78, 5) is 29.6. The van der Waals surface area contributed by atoms with Gasteiger partial charge in [0.05, 0.1) is 17.1 Å². The van der Waals surface area contributed by atoms with Gasteiger partial charge in [-0.05, 0) is 30.0 Å². The predicted octanol–water partition coefficient (Wildman–Crippen LogP) is 1.93. The Morgan fingerprint density at radius 3 is 2.92 bits per heavy atom. The van der Waals surface area contributed by atoms with Gasteiger partial charge < -0.3 is 0 Å². The van der Waals surface area contributed by atoms with Gasteiger partial charge in [0.15, 0.2) is 5.82 Å². The fourth-order valence-corrected chi connectivity index (χ4v) is 3.26. The van der Waals surface area contributed by atoms with Gasteiger partial charge in [0.1, 0.15) is 5.65 Å². The molecule has 0 saturated carbocycles. The van der Waals surface area contributed by atoms with Crippen LogP contribution >= 0.6 is 11.3 Å². The number of pyridine rings is 1. The average Bonchev–Trinajstić information content (AvgIpc) is 3.19. The molecular weight excluding hydrogens is 328 g/mol. The first kappa shape index (κ1) is 14.6. The first-order valence-corrected chi connectivity index (χ1v) is 8.10. The topological polar surface area (TPSA) is 82.4 Å². The Bertz CT molecular complexity index is 1140. The third-order valence-electron chi connectivity index (χ3n) is 3.69. The highest BCUT2D eigenvalue weighted by Crippen LogP contribution is 2.22. The van der Waals surface area contributed by atoms with Crippen LogP contribution in [-0.4, -0.2) is 19.1 Å². The molecule has 0 aliphatic heterocycles. The molecule has 0 fully saturated rings. The van der Waals surface area contributed by atoms with Crippen LogP contribution in [-0.2, 0) is 6.54 Å². The van der Waals surface area contributed by atoms with Crippen LogP contribution in [0.3, 0.4) is 0 Å². The van der Waals surface area contributed by atoms with Gasteiger partial charge >= 0.3 is 5.76 Å². The van der Waals surface area contributed by atoms with Crippen molar-refractivity contribution in [3.05, 3.63) is 74.1 Å². The van der Waals surface area contributed by atoms with Crippen molar-refractivity contribution in [2.24, 2.45) is 0 Å². The molecular formula is C16H12N4O3S. The van der Waals surface area contributed by atoms with Crippen molar-refractivity contribution in [3.63, 3.8) is 0 Å². The average molecular weight is 340 g/mol. The van der Waals surface area contributed by atoms with Gasteiger partial charge in [0.2, 0.25) is 0 Å². The molecule has 0 saturated heterocycles. The molecule has 0 bridgehead atoms. The smallest absolute Gasteiger partial charge is 0.295 e. The molecule has 0 aliphatic carbocycles. The van der Waals surface area contributed by atoms with Gasteiger partial charge in [-0.25, -0.2) is 14.3 Å². The van der Waals surface area contributed by atoms with E-state index in [4.69, 9.17) is 4.52 Å². The Morgan fingerprint density at radius 1 is 1.25 bits per heavy atom. The summed E-state index contributed by atoms with van der Waals surface area (Å²) in [6.45, 7) is 2.00. The first-order chi connectivity index (χ1) is 11.6. The fraction of sp³-hybridized carbons (Fsp3) is 0.125. The van der Waals surface area contributed by atoms with Crippen LogP contribution in [0, 0.1) is 6.92 Å². The molecule has 0 N–H and O–H groups in total. The molecule has 8 heteroatoms. The van der Waals surface area contributed by atoms with Gasteiger partial charge in [0, 0.05) is 12.3 Å². The number of rotatable bonds is 3. The number of hydrogen-bond acceptors (Lipinski definition) is 6. The number of thiophene rings is 1. The minimum Gasteiger partial charge on any atom is -0.295 e. The van der Waals surface area contributed by atoms with E-state index in [1.807, 2.05) is 30.5 Å². The van der Waals surface area contributed by atoms with Crippen molar-refractivity contribution in [1.29, 1.82) is 0 Å². The zero-order valence-corrected chi connectivity index (χ0v) is 13.5. The molecule has 4 rings (SSSR count). The van der Waals surface area contributed by atoms with Crippen molar-refractivity contribution in [1.82, 2.24) is 19.1 Å². The largest absolute Gasteiger partial charge is 0.442 e. The van der Waals surface area contributed by atoms with Crippen LogP contribution in [0.4, 0.5) is 0 Å². The highest BCUT2D eigenvalue weighted by molar-refractivity contribution is 7.13. The van der Waals surface area contributed by atoms with Gasteiger partial charge in [-0.1, -0.05) is 17.3 Å². The molecule has 120 valence electrons. The second kappa shape index (κ2) is 5.57. The molecule has 4 aromatic heterocycles. The predicted molar refractivity (Wildman–Crippen MR) is 89.4 cm³/mol. The standard InChI is InChI=1S/C16H12N4O3S/c1-10-4-2-6-19-13(21)8-11(17-14(10)19)9-20-15(18-23-16(20)22)12-5-3-7-24-12/h2-8H,9H2,1H3. The van der Waals surface area contributed by atoms with Gasteiger partial charge in [-0.3, -0.25) is 13.7 Å². The lowest BCUT2D eigenvalue weighted by Gasteiger charge is -2.07. The maximum atomic E-state index is 12.3. The van der Waals surface area contributed by atoms with E-state index in [0.717, 1.165) is 10.4 Å². The molecule has 0 unspecified atom stereocenters.